The lowest BCUT2D eigenvalue weighted by Crippen LogP contribution is -2.35. The third-order valence-corrected chi connectivity index (χ3v) is 6.21. The second kappa shape index (κ2) is 11.1. The molecule has 0 heterocycles. The molecule has 0 spiro atoms. The van der Waals surface area contributed by atoms with Crippen molar-refractivity contribution in [3.8, 4) is 0 Å². The standard InChI is InChI=1S/C28H35N3O/c1-21(18-25-22(2)12-11-17-28(25,3)4)19-30-31-27(32)26(24-15-9-6-10-16-24)29-20-23-13-7-5-8-14-23/h5-10,12-16,18-19,25-26,29H,11,17,20H2,1-4H3,(H,31,32)/b21-18+,30-19-/t25-,26+/m1/s1. The van der Waals surface area contributed by atoms with Gasteiger partial charge in [0.05, 0.1) is 0 Å². The number of carbonyl (C=O) groups is 1. The maximum atomic E-state index is 13.0. The molecule has 2 aromatic carbocycles. The summed E-state index contributed by atoms with van der Waals surface area (Å²) in [6, 6.07) is 19.3. The Kier molecular flexibility index (Phi) is 8.18. The maximum absolute atomic E-state index is 13.0. The Labute approximate surface area is 192 Å². The Morgan fingerprint density at radius 2 is 1.78 bits per heavy atom. The average molecular weight is 430 g/mol. The average Bonchev–Trinajstić information content (AvgIpc) is 2.78. The first-order valence-electron chi connectivity index (χ1n) is 11.4. The molecule has 0 unspecified atom stereocenters. The normalized spacial score (nSPS) is 19.4. The maximum Gasteiger partial charge on any atom is 0.261 e. The van der Waals surface area contributed by atoms with Gasteiger partial charge >= 0.3 is 0 Å². The zero-order chi connectivity index (χ0) is 23.0. The lowest BCUT2D eigenvalue weighted by Gasteiger charge is -2.37. The van der Waals surface area contributed by atoms with E-state index in [0.29, 0.717) is 12.5 Å². The van der Waals surface area contributed by atoms with E-state index in [2.05, 4.69) is 48.8 Å². The van der Waals surface area contributed by atoms with Gasteiger partial charge in [0.15, 0.2) is 0 Å². The quantitative estimate of drug-likeness (QED) is 0.310. The van der Waals surface area contributed by atoms with Crippen LogP contribution in [0.2, 0.25) is 0 Å². The van der Waals surface area contributed by atoms with Gasteiger partial charge in [0.1, 0.15) is 6.04 Å². The fraction of sp³-hybridized carbons (Fsp3) is 0.357. The van der Waals surface area contributed by atoms with Gasteiger partial charge in [-0.1, -0.05) is 92.2 Å². The molecule has 0 radical (unpaired) electrons. The Bertz CT molecular complexity index is 974. The molecule has 0 bridgehead atoms. The van der Waals surface area contributed by atoms with E-state index in [1.807, 2.05) is 67.6 Å². The van der Waals surface area contributed by atoms with E-state index in [0.717, 1.165) is 23.1 Å². The van der Waals surface area contributed by atoms with E-state index in [1.54, 1.807) is 6.21 Å². The van der Waals surface area contributed by atoms with Crippen LogP contribution in [0.5, 0.6) is 0 Å². The minimum absolute atomic E-state index is 0.176. The first-order valence-corrected chi connectivity index (χ1v) is 11.4. The van der Waals surface area contributed by atoms with Gasteiger partial charge in [-0.3, -0.25) is 10.1 Å². The molecule has 1 aliphatic carbocycles. The van der Waals surface area contributed by atoms with Crippen molar-refractivity contribution in [2.75, 3.05) is 0 Å². The largest absolute Gasteiger partial charge is 0.298 e. The first-order chi connectivity index (χ1) is 15.4. The molecule has 1 amide bonds. The highest BCUT2D eigenvalue weighted by Crippen LogP contribution is 2.41. The number of nitrogens with zero attached hydrogens (tertiary/aromatic N) is 1. The number of allylic oxidation sites excluding steroid dienone is 4. The van der Waals surface area contributed by atoms with E-state index < -0.39 is 6.04 Å². The SMILES string of the molecule is CC1=CCCC(C)(C)[C@@H]1/C=C(C)/C=N\NC(=O)[C@@H](NCc1ccccc1)c1ccccc1. The summed E-state index contributed by atoms with van der Waals surface area (Å²) >= 11 is 0. The van der Waals surface area contributed by atoms with Gasteiger partial charge in [-0.25, -0.2) is 5.43 Å². The van der Waals surface area contributed by atoms with Crippen LogP contribution in [0.1, 0.15) is 57.7 Å². The molecule has 4 nitrogen and oxygen atoms in total. The molecular weight excluding hydrogens is 394 g/mol. The Balaban J connectivity index is 1.67. The van der Waals surface area contributed by atoms with Crippen LogP contribution in [-0.4, -0.2) is 12.1 Å². The number of benzene rings is 2. The summed E-state index contributed by atoms with van der Waals surface area (Å²) in [5.41, 5.74) is 7.46. The van der Waals surface area contributed by atoms with Crippen LogP contribution in [0, 0.1) is 11.3 Å². The van der Waals surface area contributed by atoms with Crippen molar-refractivity contribution < 1.29 is 4.79 Å². The number of hydrogen-bond donors (Lipinski definition) is 2. The van der Waals surface area contributed by atoms with E-state index in [-0.39, 0.29) is 11.3 Å². The van der Waals surface area contributed by atoms with Crippen LogP contribution in [0.25, 0.3) is 0 Å². The van der Waals surface area contributed by atoms with Crippen LogP contribution < -0.4 is 10.7 Å². The molecule has 168 valence electrons. The van der Waals surface area contributed by atoms with E-state index in [1.165, 1.54) is 12.0 Å². The summed E-state index contributed by atoms with van der Waals surface area (Å²) < 4.78 is 0. The van der Waals surface area contributed by atoms with Crippen molar-refractivity contribution >= 4 is 12.1 Å². The second-order valence-electron chi connectivity index (χ2n) is 9.31. The molecule has 0 saturated heterocycles. The number of nitrogens with one attached hydrogen (secondary N) is 2. The van der Waals surface area contributed by atoms with Crippen molar-refractivity contribution in [1.29, 1.82) is 0 Å². The molecule has 3 rings (SSSR count). The molecule has 2 N–H and O–H groups in total. The third kappa shape index (κ3) is 6.51. The van der Waals surface area contributed by atoms with Crippen molar-refractivity contribution in [3.63, 3.8) is 0 Å². The molecule has 4 heteroatoms. The van der Waals surface area contributed by atoms with Crippen molar-refractivity contribution in [1.82, 2.24) is 10.7 Å². The lowest BCUT2D eigenvalue weighted by molar-refractivity contribution is -0.123. The van der Waals surface area contributed by atoms with E-state index in [9.17, 15) is 4.79 Å². The summed E-state index contributed by atoms with van der Waals surface area (Å²) in [5.74, 6) is 0.216. The monoisotopic (exact) mass is 429 g/mol. The summed E-state index contributed by atoms with van der Waals surface area (Å²) in [5, 5.41) is 7.62. The number of amides is 1. The van der Waals surface area contributed by atoms with Crippen LogP contribution in [0.3, 0.4) is 0 Å². The van der Waals surface area contributed by atoms with Gasteiger partial charge in [-0.15, -0.1) is 0 Å². The first kappa shape index (κ1) is 23.7. The van der Waals surface area contributed by atoms with Crippen molar-refractivity contribution in [2.24, 2.45) is 16.4 Å². The van der Waals surface area contributed by atoms with Gasteiger partial charge in [0, 0.05) is 18.7 Å². The van der Waals surface area contributed by atoms with E-state index in [4.69, 9.17) is 0 Å². The van der Waals surface area contributed by atoms with Gasteiger partial charge in [0.2, 0.25) is 0 Å². The van der Waals surface area contributed by atoms with Crippen LogP contribution in [0.4, 0.5) is 0 Å². The fourth-order valence-electron chi connectivity index (χ4n) is 4.32. The summed E-state index contributed by atoms with van der Waals surface area (Å²) in [6.45, 7) is 9.48. The Hall–Kier alpha value is -2.98. The van der Waals surface area contributed by atoms with Crippen LogP contribution in [-0.2, 0) is 11.3 Å². The highest BCUT2D eigenvalue weighted by molar-refractivity contribution is 5.85. The molecule has 1 aliphatic rings. The summed E-state index contributed by atoms with van der Waals surface area (Å²) in [4.78, 5) is 13.0. The highest BCUT2D eigenvalue weighted by atomic mass is 16.2. The molecule has 0 aromatic heterocycles. The predicted molar refractivity (Wildman–Crippen MR) is 133 cm³/mol. The minimum atomic E-state index is -0.486. The molecule has 0 aliphatic heterocycles. The Morgan fingerprint density at radius 1 is 1.12 bits per heavy atom. The smallest absolute Gasteiger partial charge is 0.261 e. The van der Waals surface area contributed by atoms with Gasteiger partial charge in [-0.05, 0) is 48.8 Å². The fourth-order valence-corrected chi connectivity index (χ4v) is 4.32. The minimum Gasteiger partial charge on any atom is -0.298 e. The third-order valence-electron chi connectivity index (χ3n) is 6.21. The summed E-state index contributed by atoms with van der Waals surface area (Å²) in [6.07, 6.45) is 8.67. The second-order valence-corrected chi connectivity index (χ2v) is 9.31. The zero-order valence-electron chi connectivity index (χ0n) is 19.6. The van der Waals surface area contributed by atoms with Crippen molar-refractivity contribution in [2.45, 2.75) is 53.1 Å². The molecule has 0 fully saturated rings. The number of rotatable bonds is 8. The van der Waals surface area contributed by atoms with Crippen LogP contribution in [0.15, 0.2) is 89.1 Å². The van der Waals surface area contributed by atoms with Gasteiger partial charge in [-0.2, -0.15) is 5.10 Å². The predicted octanol–water partition coefficient (Wildman–Crippen LogP) is 5.95. The zero-order valence-corrected chi connectivity index (χ0v) is 19.6. The topological polar surface area (TPSA) is 53.5 Å². The highest BCUT2D eigenvalue weighted by Gasteiger charge is 2.31. The number of hydrogen-bond acceptors (Lipinski definition) is 3. The molecular formula is C28H35N3O. The molecule has 2 atom stereocenters. The van der Waals surface area contributed by atoms with E-state index >= 15 is 0 Å². The van der Waals surface area contributed by atoms with Gasteiger partial charge in [0.25, 0.3) is 5.91 Å². The number of hydrazone groups is 1. The number of carbonyl (C=O) groups excluding carboxylic acids is 1. The summed E-state index contributed by atoms with van der Waals surface area (Å²) in [7, 11) is 0. The van der Waals surface area contributed by atoms with Crippen molar-refractivity contribution in [3.05, 3.63) is 95.1 Å². The van der Waals surface area contributed by atoms with Crippen LogP contribution >= 0.6 is 0 Å². The molecule has 2 aromatic rings. The Morgan fingerprint density at radius 3 is 2.44 bits per heavy atom. The molecule has 0 saturated carbocycles. The lowest BCUT2D eigenvalue weighted by atomic mass is 9.68. The van der Waals surface area contributed by atoms with Gasteiger partial charge < -0.3 is 0 Å². The molecule has 32 heavy (non-hydrogen) atoms.